The van der Waals surface area contributed by atoms with Crippen molar-refractivity contribution in [1.82, 2.24) is 10.3 Å². The Morgan fingerprint density at radius 1 is 1.03 bits per heavy atom. The molecule has 6 heteroatoms. The van der Waals surface area contributed by atoms with Gasteiger partial charge in [-0.1, -0.05) is 36.4 Å². The lowest BCUT2D eigenvalue weighted by Gasteiger charge is -2.19. The first-order valence-corrected chi connectivity index (χ1v) is 9.17. The van der Waals surface area contributed by atoms with Gasteiger partial charge in [-0.15, -0.1) is 0 Å². The SMILES string of the molecule is Cc1ccc(F)cc1-c1cccc(C(=O)NC(CC(=O)O)c2ccccc2C)n1. The predicted molar refractivity (Wildman–Crippen MR) is 108 cm³/mol. The summed E-state index contributed by atoms with van der Waals surface area (Å²) in [5, 5.41) is 12.0. The molecule has 1 atom stereocenters. The second-order valence-corrected chi connectivity index (χ2v) is 6.85. The number of nitrogens with one attached hydrogen (secondary N) is 1. The van der Waals surface area contributed by atoms with Crippen molar-refractivity contribution in [3.63, 3.8) is 0 Å². The smallest absolute Gasteiger partial charge is 0.305 e. The first kappa shape index (κ1) is 20.2. The molecular formula is C23H21FN2O3. The van der Waals surface area contributed by atoms with Crippen LogP contribution in [0.1, 0.15) is 39.6 Å². The van der Waals surface area contributed by atoms with Crippen LogP contribution in [0.4, 0.5) is 4.39 Å². The summed E-state index contributed by atoms with van der Waals surface area (Å²) < 4.78 is 13.6. The van der Waals surface area contributed by atoms with Crippen molar-refractivity contribution in [3.05, 3.63) is 88.9 Å². The van der Waals surface area contributed by atoms with E-state index in [1.807, 2.05) is 26.0 Å². The standard InChI is InChI=1S/C23H21FN2O3/c1-14-6-3-4-7-17(14)21(13-22(27)28)26-23(29)20-9-5-8-19(25-20)18-12-16(24)11-10-15(18)2/h3-12,21H,13H2,1-2H3,(H,26,29)(H,27,28). The minimum Gasteiger partial charge on any atom is -0.481 e. The highest BCUT2D eigenvalue weighted by atomic mass is 19.1. The normalized spacial score (nSPS) is 11.7. The van der Waals surface area contributed by atoms with E-state index in [1.165, 1.54) is 12.1 Å². The minimum absolute atomic E-state index is 0.134. The summed E-state index contributed by atoms with van der Waals surface area (Å²) in [5.74, 6) is -1.89. The molecule has 0 bridgehead atoms. The zero-order valence-electron chi connectivity index (χ0n) is 16.1. The molecule has 148 valence electrons. The molecular weight excluding hydrogens is 371 g/mol. The zero-order chi connectivity index (χ0) is 21.0. The van der Waals surface area contributed by atoms with Crippen molar-refractivity contribution >= 4 is 11.9 Å². The molecule has 0 aliphatic heterocycles. The summed E-state index contributed by atoms with van der Waals surface area (Å²) >= 11 is 0. The number of halogens is 1. The Bertz CT molecular complexity index is 1070. The third-order valence-corrected chi connectivity index (χ3v) is 4.71. The van der Waals surface area contributed by atoms with Crippen LogP contribution in [0.2, 0.25) is 0 Å². The molecule has 0 aliphatic carbocycles. The quantitative estimate of drug-likeness (QED) is 0.650. The van der Waals surface area contributed by atoms with Crippen LogP contribution in [-0.4, -0.2) is 22.0 Å². The number of amides is 1. The minimum atomic E-state index is -1.02. The van der Waals surface area contributed by atoms with Crippen LogP contribution in [0.15, 0.2) is 60.7 Å². The van der Waals surface area contributed by atoms with E-state index < -0.39 is 17.9 Å². The fraction of sp³-hybridized carbons (Fsp3) is 0.174. The molecule has 1 aromatic heterocycles. The summed E-state index contributed by atoms with van der Waals surface area (Å²) in [5.41, 5.74) is 3.66. The number of aliphatic carboxylic acids is 1. The number of nitrogens with zero attached hydrogens (tertiary/aromatic N) is 1. The van der Waals surface area contributed by atoms with Crippen LogP contribution in [-0.2, 0) is 4.79 Å². The van der Waals surface area contributed by atoms with Gasteiger partial charge >= 0.3 is 5.97 Å². The van der Waals surface area contributed by atoms with Gasteiger partial charge in [-0.05, 0) is 54.8 Å². The maximum absolute atomic E-state index is 13.6. The second kappa shape index (κ2) is 8.65. The molecule has 0 spiro atoms. The molecule has 29 heavy (non-hydrogen) atoms. The molecule has 1 unspecified atom stereocenters. The summed E-state index contributed by atoms with van der Waals surface area (Å²) in [6.45, 7) is 3.70. The average molecular weight is 392 g/mol. The Kier molecular flexibility index (Phi) is 6.02. The number of hydrogen-bond donors (Lipinski definition) is 2. The maximum atomic E-state index is 13.6. The molecule has 2 aromatic carbocycles. The lowest BCUT2D eigenvalue weighted by molar-refractivity contribution is -0.137. The van der Waals surface area contributed by atoms with Crippen molar-refractivity contribution in [1.29, 1.82) is 0 Å². The van der Waals surface area contributed by atoms with Crippen molar-refractivity contribution in [2.45, 2.75) is 26.3 Å². The monoisotopic (exact) mass is 392 g/mol. The highest BCUT2D eigenvalue weighted by Crippen LogP contribution is 2.24. The molecule has 0 saturated carbocycles. The van der Waals surface area contributed by atoms with Crippen molar-refractivity contribution < 1.29 is 19.1 Å². The number of pyridine rings is 1. The number of carbonyl (C=O) groups is 2. The van der Waals surface area contributed by atoms with Gasteiger partial charge in [-0.3, -0.25) is 9.59 Å². The van der Waals surface area contributed by atoms with E-state index in [1.54, 1.807) is 36.4 Å². The van der Waals surface area contributed by atoms with Gasteiger partial charge in [0.15, 0.2) is 0 Å². The Balaban J connectivity index is 1.90. The average Bonchev–Trinajstić information content (AvgIpc) is 2.69. The van der Waals surface area contributed by atoms with Gasteiger partial charge in [0.1, 0.15) is 11.5 Å². The largest absolute Gasteiger partial charge is 0.481 e. The molecule has 0 fully saturated rings. The number of carboxylic acids is 1. The van der Waals surface area contributed by atoms with Crippen LogP contribution in [0.3, 0.4) is 0 Å². The molecule has 3 aromatic rings. The number of aryl methyl sites for hydroxylation is 2. The van der Waals surface area contributed by atoms with Crippen molar-refractivity contribution in [2.24, 2.45) is 0 Å². The third-order valence-electron chi connectivity index (χ3n) is 4.71. The highest BCUT2D eigenvalue weighted by molar-refractivity contribution is 5.93. The number of benzene rings is 2. The highest BCUT2D eigenvalue weighted by Gasteiger charge is 2.21. The van der Waals surface area contributed by atoms with Gasteiger partial charge in [-0.25, -0.2) is 9.37 Å². The number of rotatable bonds is 6. The summed E-state index contributed by atoms with van der Waals surface area (Å²) in [7, 11) is 0. The number of carbonyl (C=O) groups excluding carboxylic acids is 1. The molecule has 0 aliphatic rings. The Hall–Kier alpha value is -3.54. The molecule has 5 nitrogen and oxygen atoms in total. The van der Waals surface area contributed by atoms with Crippen LogP contribution in [0.5, 0.6) is 0 Å². The van der Waals surface area contributed by atoms with Gasteiger partial charge < -0.3 is 10.4 Å². The molecule has 1 heterocycles. The number of aromatic nitrogens is 1. The van der Waals surface area contributed by atoms with E-state index in [4.69, 9.17) is 0 Å². The Morgan fingerprint density at radius 2 is 1.79 bits per heavy atom. The van der Waals surface area contributed by atoms with E-state index in [2.05, 4.69) is 10.3 Å². The number of carboxylic acid groups (broad SMARTS) is 1. The first-order chi connectivity index (χ1) is 13.8. The van der Waals surface area contributed by atoms with Gasteiger partial charge in [0.05, 0.1) is 18.2 Å². The van der Waals surface area contributed by atoms with Gasteiger partial charge in [0.25, 0.3) is 5.91 Å². The Labute approximate surface area is 168 Å². The maximum Gasteiger partial charge on any atom is 0.305 e. The lowest BCUT2D eigenvalue weighted by Crippen LogP contribution is -2.31. The van der Waals surface area contributed by atoms with Gasteiger partial charge in [0, 0.05) is 5.56 Å². The summed E-state index contributed by atoms with van der Waals surface area (Å²) in [6, 6.07) is 15.9. The summed E-state index contributed by atoms with van der Waals surface area (Å²) in [6.07, 6.45) is -0.251. The van der Waals surface area contributed by atoms with E-state index in [0.717, 1.165) is 16.7 Å². The van der Waals surface area contributed by atoms with Crippen LogP contribution >= 0.6 is 0 Å². The van der Waals surface area contributed by atoms with Crippen LogP contribution < -0.4 is 5.32 Å². The molecule has 3 rings (SSSR count). The zero-order valence-corrected chi connectivity index (χ0v) is 16.1. The second-order valence-electron chi connectivity index (χ2n) is 6.85. The Morgan fingerprint density at radius 3 is 2.52 bits per heavy atom. The van der Waals surface area contributed by atoms with E-state index >= 15 is 0 Å². The fourth-order valence-electron chi connectivity index (χ4n) is 3.20. The van der Waals surface area contributed by atoms with Gasteiger partial charge in [0.2, 0.25) is 0 Å². The van der Waals surface area contributed by atoms with E-state index in [-0.39, 0.29) is 17.9 Å². The van der Waals surface area contributed by atoms with Crippen molar-refractivity contribution in [3.8, 4) is 11.3 Å². The van der Waals surface area contributed by atoms with Gasteiger partial charge in [-0.2, -0.15) is 0 Å². The van der Waals surface area contributed by atoms with Crippen molar-refractivity contribution in [2.75, 3.05) is 0 Å². The third kappa shape index (κ3) is 4.85. The number of hydrogen-bond acceptors (Lipinski definition) is 3. The predicted octanol–water partition coefficient (Wildman–Crippen LogP) is 4.45. The molecule has 1 amide bonds. The fourth-order valence-corrected chi connectivity index (χ4v) is 3.20. The molecule has 0 saturated heterocycles. The summed E-state index contributed by atoms with van der Waals surface area (Å²) in [4.78, 5) is 28.5. The first-order valence-electron chi connectivity index (χ1n) is 9.17. The van der Waals surface area contributed by atoms with Crippen LogP contribution in [0.25, 0.3) is 11.3 Å². The topological polar surface area (TPSA) is 79.3 Å². The van der Waals surface area contributed by atoms with E-state index in [0.29, 0.717) is 11.3 Å². The van der Waals surface area contributed by atoms with Crippen LogP contribution in [0, 0.1) is 19.7 Å². The van der Waals surface area contributed by atoms with E-state index in [9.17, 15) is 19.1 Å². The molecule has 0 radical (unpaired) electrons. The lowest BCUT2D eigenvalue weighted by atomic mass is 9.98. The molecule has 2 N–H and O–H groups in total.